The fourth-order valence-electron chi connectivity index (χ4n) is 2.39. The Bertz CT molecular complexity index is 513. The molecule has 0 spiro atoms. The van der Waals surface area contributed by atoms with Crippen LogP contribution in [0.1, 0.15) is 37.7 Å². The van der Waals surface area contributed by atoms with Crippen molar-refractivity contribution in [2.24, 2.45) is 5.92 Å². The van der Waals surface area contributed by atoms with Crippen LogP contribution in [0.2, 0.25) is 0 Å². The van der Waals surface area contributed by atoms with E-state index in [0.717, 1.165) is 16.6 Å². The first-order valence-corrected chi connectivity index (χ1v) is 6.73. The molecule has 4 heteroatoms. The molecule has 1 N–H and O–H groups in total. The monoisotopic (exact) mass is 235 g/mol. The molecule has 86 valence electrons. The molecule has 16 heavy (non-hydrogen) atoms. The van der Waals surface area contributed by atoms with Gasteiger partial charge in [0.15, 0.2) is 4.96 Å². The standard InChI is InChI=1S/C12H17N3S/c1-7-6-10(7)13-8(2)11-9(3)14-12-15(11)4-5-16-12/h4-5,7-8,10,13H,6H2,1-3H3. The summed E-state index contributed by atoms with van der Waals surface area (Å²) in [6.07, 6.45) is 3.43. The van der Waals surface area contributed by atoms with Gasteiger partial charge in [0.05, 0.1) is 11.4 Å². The largest absolute Gasteiger partial charge is 0.306 e. The molecule has 2 heterocycles. The predicted molar refractivity (Wildman–Crippen MR) is 66.9 cm³/mol. The number of hydrogen-bond acceptors (Lipinski definition) is 3. The van der Waals surface area contributed by atoms with Crippen molar-refractivity contribution in [3.8, 4) is 0 Å². The summed E-state index contributed by atoms with van der Waals surface area (Å²) >= 11 is 1.70. The summed E-state index contributed by atoms with van der Waals surface area (Å²) < 4.78 is 2.21. The summed E-state index contributed by atoms with van der Waals surface area (Å²) in [6, 6.07) is 1.10. The quantitative estimate of drug-likeness (QED) is 0.886. The number of imidazole rings is 1. The van der Waals surface area contributed by atoms with Gasteiger partial charge in [-0.15, -0.1) is 11.3 Å². The minimum Gasteiger partial charge on any atom is -0.306 e. The number of hydrogen-bond donors (Lipinski definition) is 1. The molecule has 0 amide bonds. The van der Waals surface area contributed by atoms with Gasteiger partial charge in [0.1, 0.15) is 0 Å². The summed E-state index contributed by atoms with van der Waals surface area (Å²) in [6.45, 7) is 6.64. The first kappa shape index (κ1) is 10.3. The van der Waals surface area contributed by atoms with Crippen LogP contribution in [0.3, 0.4) is 0 Å². The summed E-state index contributed by atoms with van der Waals surface area (Å²) in [5.74, 6) is 0.841. The number of thiazole rings is 1. The van der Waals surface area contributed by atoms with Crippen molar-refractivity contribution in [2.75, 3.05) is 0 Å². The van der Waals surface area contributed by atoms with Gasteiger partial charge < -0.3 is 5.32 Å². The van der Waals surface area contributed by atoms with Gasteiger partial charge in [-0.2, -0.15) is 0 Å². The molecule has 0 aromatic carbocycles. The van der Waals surface area contributed by atoms with E-state index in [0.29, 0.717) is 12.1 Å². The van der Waals surface area contributed by atoms with Crippen molar-refractivity contribution in [3.63, 3.8) is 0 Å². The van der Waals surface area contributed by atoms with Gasteiger partial charge in [-0.05, 0) is 26.2 Å². The molecule has 3 atom stereocenters. The van der Waals surface area contributed by atoms with Crippen LogP contribution in [-0.2, 0) is 0 Å². The summed E-state index contributed by atoms with van der Waals surface area (Å²) in [5.41, 5.74) is 2.47. The third kappa shape index (κ3) is 1.57. The van der Waals surface area contributed by atoms with Crippen LogP contribution in [-0.4, -0.2) is 15.4 Å². The molecule has 1 aliphatic rings. The predicted octanol–water partition coefficient (Wildman–Crippen LogP) is 2.76. The molecule has 0 bridgehead atoms. The smallest absolute Gasteiger partial charge is 0.194 e. The van der Waals surface area contributed by atoms with Crippen molar-refractivity contribution in [1.29, 1.82) is 0 Å². The lowest BCUT2D eigenvalue weighted by atomic mass is 10.2. The molecule has 0 radical (unpaired) electrons. The zero-order chi connectivity index (χ0) is 11.3. The van der Waals surface area contributed by atoms with E-state index in [9.17, 15) is 0 Å². The number of nitrogens with zero attached hydrogens (tertiary/aromatic N) is 2. The molecule has 1 fully saturated rings. The number of aryl methyl sites for hydroxylation is 1. The third-order valence-corrected chi connectivity index (χ3v) is 4.22. The van der Waals surface area contributed by atoms with Crippen molar-refractivity contribution in [1.82, 2.24) is 14.7 Å². The number of nitrogens with one attached hydrogen (secondary N) is 1. The van der Waals surface area contributed by atoms with Crippen molar-refractivity contribution < 1.29 is 0 Å². The van der Waals surface area contributed by atoms with Crippen LogP contribution in [0, 0.1) is 12.8 Å². The minimum absolute atomic E-state index is 0.388. The average molecular weight is 235 g/mol. The van der Waals surface area contributed by atoms with Gasteiger partial charge in [0, 0.05) is 23.7 Å². The Labute approximate surface area is 99.5 Å². The maximum absolute atomic E-state index is 4.58. The second kappa shape index (κ2) is 3.57. The van der Waals surface area contributed by atoms with E-state index in [2.05, 4.69) is 47.0 Å². The van der Waals surface area contributed by atoms with Crippen LogP contribution in [0.5, 0.6) is 0 Å². The second-order valence-electron chi connectivity index (χ2n) is 4.85. The Balaban J connectivity index is 1.91. The zero-order valence-corrected chi connectivity index (χ0v) is 10.7. The Hall–Kier alpha value is -0.870. The van der Waals surface area contributed by atoms with Gasteiger partial charge >= 0.3 is 0 Å². The van der Waals surface area contributed by atoms with Crippen LogP contribution in [0.15, 0.2) is 11.6 Å². The highest BCUT2D eigenvalue weighted by atomic mass is 32.1. The first-order valence-electron chi connectivity index (χ1n) is 5.85. The van der Waals surface area contributed by atoms with Gasteiger partial charge in [-0.3, -0.25) is 4.40 Å². The highest BCUT2D eigenvalue weighted by Crippen LogP contribution is 2.32. The molecule has 0 aliphatic heterocycles. The summed E-state index contributed by atoms with van der Waals surface area (Å²) in [5, 5.41) is 5.77. The second-order valence-corrected chi connectivity index (χ2v) is 5.72. The van der Waals surface area contributed by atoms with Crippen molar-refractivity contribution in [2.45, 2.75) is 39.3 Å². The highest BCUT2D eigenvalue weighted by molar-refractivity contribution is 7.15. The van der Waals surface area contributed by atoms with Crippen molar-refractivity contribution >= 4 is 16.3 Å². The van der Waals surface area contributed by atoms with E-state index >= 15 is 0 Å². The summed E-state index contributed by atoms with van der Waals surface area (Å²) in [4.78, 5) is 5.68. The number of aromatic nitrogens is 2. The topological polar surface area (TPSA) is 29.3 Å². The highest BCUT2D eigenvalue weighted by Gasteiger charge is 2.34. The lowest BCUT2D eigenvalue weighted by molar-refractivity contribution is 0.535. The van der Waals surface area contributed by atoms with E-state index in [4.69, 9.17) is 0 Å². The first-order chi connectivity index (χ1) is 7.66. The zero-order valence-electron chi connectivity index (χ0n) is 9.90. The Morgan fingerprint density at radius 1 is 1.62 bits per heavy atom. The molecule has 2 aromatic rings. The van der Waals surface area contributed by atoms with Crippen LogP contribution in [0.4, 0.5) is 0 Å². The fourth-order valence-corrected chi connectivity index (χ4v) is 3.15. The fraction of sp³-hybridized carbons (Fsp3) is 0.583. The maximum Gasteiger partial charge on any atom is 0.194 e. The minimum atomic E-state index is 0.388. The van der Waals surface area contributed by atoms with E-state index in [1.807, 2.05) is 0 Å². The lowest BCUT2D eigenvalue weighted by Crippen LogP contribution is -2.23. The normalized spacial score (nSPS) is 26.2. The summed E-state index contributed by atoms with van der Waals surface area (Å²) in [7, 11) is 0. The molecule has 0 saturated heterocycles. The molecule has 1 aliphatic carbocycles. The molecule has 3 nitrogen and oxygen atoms in total. The number of fused-ring (bicyclic) bond motifs is 1. The van der Waals surface area contributed by atoms with Crippen LogP contribution < -0.4 is 5.32 Å². The van der Waals surface area contributed by atoms with Gasteiger partial charge in [-0.1, -0.05) is 6.92 Å². The number of rotatable bonds is 3. The lowest BCUT2D eigenvalue weighted by Gasteiger charge is -2.13. The van der Waals surface area contributed by atoms with Crippen LogP contribution >= 0.6 is 11.3 Å². The van der Waals surface area contributed by atoms with E-state index < -0.39 is 0 Å². The van der Waals surface area contributed by atoms with Crippen molar-refractivity contribution in [3.05, 3.63) is 23.0 Å². The molecule has 2 aromatic heterocycles. The molecule has 3 rings (SSSR count). The SMILES string of the molecule is Cc1nc2sccn2c1C(C)NC1CC1C. The van der Waals surface area contributed by atoms with Gasteiger partial charge in [0.2, 0.25) is 0 Å². The Morgan fingerprint density at radius 3 is 3.06 bits per heavy atom. The van der Waals surface area contributed by atoms with Gasteiger partial charge in [0.25, 0.3) is 0 Å². The Morgan fingerprint density at radius 2 is 2.38 bits per heavy atom. The molecular weight excluding hydrogens is 218 g/mol. The maximum atomic E-state index is 4.58. The third-order valence-electron chi connectivity index (χ3n) is 3.47. The van der Waals surface area contributed by atoms with Crippen LogP contribution in [0.25, 0.3) is 4.96 Å². The van der Waals surface area contributed by atoms with Gasteiger partial charge in [-0.25, -0.2) is 4.98 Å². The molecular formula is C12H17N3S. The molecule has 3 unspecified atom stereocenters. The van der Waals surface area contributed by atoms with E-state index in [1.165, 1.54) is 12.1 Å². The molecule has 1 saturated carbocycles. The Kier molecular flexibility index (Phi) is 2.30. The van der Waals surface area contributed by atoms with E-state index in [-0.39, 0.29) is 0 Å². The average Bonchev–Trinajstić information content (AvgIpc) is 2.61. The van der Waals surface area contributed by atoms with E-state index in [1.54, 1.807) is 11.3 Å².